The van der Waals surface area contributed by atoms with Crippen molar-refractivity contribution in [3.05, 3.63) is 105 Å². The number of amides is 2. The van der Waals surface area contributed by atoms with Crippen LogP contribution in [0.25, 0.3) is 0 Å². The molecule has 0 aliphatic carbocycles. The van der Waals surface area contributed by atoms with Crippen molar-refractivity contribution in [2.75, 3.05) is 19.6 Å². The fraction of sp³-hybridized carbons (Fsp3) is 0.276. The summed E-state index contributed by atoms with van der Waals surface area (Å²) >= 11 is 1.40. The first-order valence-electron chi connectivity index (χ1n) is 12.7. The number of halogens is 1. The molecule has 9 heteroatoms. The van der Waals surface area contributed by atoms with Crippen LogP contribution < -0.4 is 4.74 Å². The van der Waals surface area contributed by atoms with E-state index in [0.717, 1.165) is 47.6 Å². The third kappa shape index (κ3) is 4.81. The van der Waals surface area contributed by atoms with Crippen LogP contribution in [0.2, 0.25) is 0 Å². The topological polar surface area (TPSA) is 75.9 Å². The molecule has 0 radical (unpaired) electrons. The van der Waals surface area contributed by atoms with Crippen LogP contribution in [0, 0.1) is 5.82 Å². The van der Waals surface area contributed by atoms with Crippen LogP contribution in [0.3, 0.4) is 0 Å². The smallest absolute Gasteiger partial charge is 0.290 e. The van der Waals surface area contributed by atoms with Gasteiger partial charge < -0.3 is 19.0 Å². The second-order valence-corrected chi connectivity index (χ2v) is 10.4. The maximum absolute atomic E-state index is 13.7. The summed E-state index contributed by atoms with van der Waals surface area (Å²) in [6.45, 7) is 2.30. The van der Waals surface area contributed by atoms with Crippen LogP contribution in [0.15, 0.2) is 70.7 Å². The average molecular weight is 532 g/mol. The normalized spacial score (nSPS) is 16.9. The van der Waals surface area contributed by atoms with Gasteiger partial charge in [0, 0.05) is 25.0 Å². The summed E-state index contributed by atoms with van der Waals surface area (Å²) in [5, 5.41) is 2.50. The van der Waals surface area contributed by atoms with E-state index >= 15 is 0 Å². The number of furan rings is 1. The molecule has 4 heterocycles. The minimum atomic E-state index is -0.426. The van der Waals surface area contributed by atoms with Gasteiger partial charge >= 0.3 is 0 Å². The van der Waals surface area contributed by atoms with Crippen molar-refractivity contribution in [3.8, 4) is 5.75 Å². The van der Waals surface area contributed by atoms with E-state index in [1.165, 1.54) is 29.7 Å². The van der Waals surface area contributed by atoms with E-state index in [-0.39, 0.29) is 30.0 Å². The Morgan fingerprint density at radius 3 is 2.63 bits per heavy atom. The molecule has 7 nitrogen and oxygen atoms in total. The highest BCUT2D eigenvalue weighted by Crippen LogP contribution is 2.38. The molecule has 38 heavy (non-hydrogen) atoms. The minimum Gasteiger partial charge on any atom is -0.486 e. The summed E-state index contributed by atoms with van der Waals surface area (Å²) in [4.78, 5) is 34.1. The Hall–Kier alpha value is -3.98. The van der Waals surface area contributed by atoms with Crippen LogP contribution in [-0.2, 0) is 13.0 Å². The van der Waals surface area contributed by atoms with E-state index in [1.54, 1.807) is 34.5 Å². The lowest BCUT2D eigenvalue weighted by molar-refractivity contribution is 0.0661. The highest BCUT2D eigenvalue weighted by atomic mass is 32.1. The third-order valence-electron chi connectivity index (χ3n) is 7.05. The fourth-order valence-electron chi connectivity index (χ4n) is 5.15. The zero-order chi connectivity index (χ0) is 26.1. The lowest BCUT2D eigenvalue weighted by Crippen LogP contribution is -2.40. The molecule has 194 valence electrons. The Bertz CT molecular complexity index is 1450. The summed E-state index contributed by atoms with van der Waals surface area (Å²) in [6.07, 6.45) is 4.22. The van der Waals surface area contributed by atoms with E-state index in [4.69, 9.17) is 9.15 Å². The summed E-state index contributed by atoms with van der Waals surface area (Å²) in [6, 6.07) is 15.0. The Morgan fingerprint density at radius 1 is 1.05 bits per heavy atom. The highest BCUT2D eigenvalue weighted by molar-refractivity contribution is 7.09. The van der Waals surface area contributed by atoms with Gasteiger partial charge in [0.2, 0.25) is 0 Å². The van der Waals surface area contributed by atoms with Gasteiger partial charge in [-0.05, 0) is 72.4 Å². The number of benzene rings is 2. The standard InChI is InChI=1S/C29H26FN3O4S/c30-21-8-5-20(6-9-21)27-23-16-22(10-7-19(23)11-14-33(27)29(35)25-4-3-15-36-25)37-17-26-31-24(18-38-26)28(34)32-12-1-2-13-32/h3-10,15-16,18,27H,1-2,11-14,17H2. The van der Waals surface area contributed by atoms with E-state index < -0.39 is 6.04 Å². The average Bonchev–Trinajstić information content (AvgIpc) is 3.74. The van der Waals surface area contributed by atoms with Gasteiger partial charge in [0.05, 0.1) is 12.3 Å². The van der Waals surface area contributed by atoms with Crippen molar-refractivity contribution >= 4 is 23.2 Å². The molecule has 1 fully saturated rings. The molecule has 1 atom stereocenters. The largest absolute Gasteiger partial charge is 0.486 e. The van der Waals surface area contributed by atoms with Crippen molar-refractivity contribution in [1.82, 2.24) is 14.8 Å². The molecule has 2 aliphatic rings. The van der Waals surface area contributed by atoms with E-state index in [9.17, 15) is 14.0 Å². The molecule has 0 N–H and O–H groups in total. The molecule has 2 aliphatic heterocycles. The van der Waals surface area contributed by atoms with Gasteiger partial charge in [-0.2, -0.15) is 0 Å². The van der Waals surface area contributed by atoms with Gasteiger partial charge in [0.1, 0.15) is 28.9 Å². The van der Waals surface area contributed by atoms with Gasteiger partial charge in [-0.3, -0.25) is 9.59 Å². The van der Waals surface area contributed by atoms with Gasteiger partial charge in [-0.25, -0.2) is 9.37 Å². The Kier molecular flexibility index (Phi) is 6.68. The lowest BCUT2D eigenvalue weighted by Gasteiger charge is -2.37. The molecule has 0 saturated carbocycles. The van der Waals surface area contributed by atoms with Crippen molar-refractivity contribution in [2.45, 2.75) is 31.9 Å². The number of aromatic nitrogens is 1. The number of carbonyl (C=O) groups is 2. The maximum Gasteiger partial charge on any atom is 0.290 e. The molecule has 0 bridgehead atoms. The first-order chi connectivity index (χ1) is 18.6. The number of fused-ring (bicyclic) bond motifs is 1. The van der Waals surface area contributed by atoms with E-state index in [1.807, 2.05) is 23.1 Å². The molecule has 6 rings (SSSR count). The summed E-state index contributed by atoms with van der Waals surface area (Å²) < 4.78 is 25.2. The monoisotopic (exact) mass is 531 g/mol. The minimum absolute atomic E-state index is 0.0257. The Balaban J connectivity index is 1.25. The molecular formula is C29H26FN3O4S. The van der Waals surface area contributed by atoms with Crippen LogP contribution in [0.1, 0.15) is 61.6 Å². The van der Waals surface area contributed by atoms with Gasteiger partial charge in [0.15, 0.2) is 5.76 Å². The molecular weight excluding hydrogens is 505 g/mol. The summed E-state index contributed by atoms with van der Waals surface area (Å²) in [5.41, 5.74) is 3.28. The predicted octanol–water partition coefficient (Wildman–Crippen LogP) is 5.48. The van der Waals surface area contributed by atoms with Gasteiger partial charge in [0.25, 0.3) is 11.8 Å². The Morgan fingerprint density at radius 2 is 1.87 bits per heavy atom. The lowest BCUT2D eigenvalue weighted by atomic mass is 9.87. The second kappa shape index (κ2) is 10.4. The molecule has 2 amide bonds. The van der Waals surface area contributed by atoms with Crippen molar-refractivity contribution < 1.29 is 23.1 Å². The quantitative estimate of drug-likeness (QED) is 0.330. The fourth-order valence-corrected chi connectivity index (χ4v) is 5.83. The number of likely N-dealkylation sites (tertiary alicyclic amines) is 1. The van der Waals surface area contributed by atoms with Crippen molar-refractivity contribution in [1.29, 1.82) is 0 Å². The van der Waals surface area contributed by atoms with Crippen LogP contribution in [0.5, 0.6) is 5.75 Å². The number of carbonyl (C=O) groups excluding carboxylic acids is 2. The van der Waals surface area contributed by atoms with Gasteiger partial charge in [-0.15, -0.1) is 11.3 Å². The second-order valence-electron chi connectivity index (χ2n) is 9.46. The molecule has 1 saturated heterocycles. The third-order valence-corrected chi connectivity index (χ3v) is 7.87. The number of hydrogen-bond donors (Lipinski definition) is 0. The zero-order valence-electron chi connectivity index (χ0n) is 20.6. The van der Waals surface area contributed by atoms with E-state index in [0.29, 0.717) is 24.4 Å². The predicted molar refractivity (Wildman–Crippen MR) is 140 cm³/mol. The maximum atomic E-state index is 13.7. The van der Waals surface area contributed by atoms with E-state index in [2.05, 4.69) is 4.98 Å². The number of rotatable bonds is 6. The molecule has 0 spiro atoms. The first-order valence-corrected chi connectivity index (χ1v) is 13.5. The van der Waals surface area contributed by atoms with Crippen LogP contribution >= 0.6 is 11.3 Å². The number of nitrogens with zero attached hydrogens (tertiary/aromatic N) is 3. The van der Waals surface area contributed by atoms with Crippen LogP contribution in [-0.4, -0.2) is 46.2 Å². The number of thiazole rings is 1. The molecule has 1 unspecified atom stereocenters. The van der Waals surface area contributed by atoms with Crippen molar-refractivity contribution in [2.24, 2.45) is 0 Å². The SMILES string of the molecule is O=C(c1csc(COc2ccc3c(c2)C(c2ccc(F)cc2)N(C(=O)c2ccco2)CC3)n1)N1CCCC1. The molecule has 2 aromatic carbocycles. The highest BCUT2D eigenvalue weighted by Gasteiger charge is 2.34. The number of hydrogen-bond acceptors (Lipinski definition) is 6. The zero-order valence-corrected chi connectivity index (χ0v) is 21.5. The Labute approximate surface area is 223 Å². The molecule has 2 aromatic heterocycles. The molecule has 4 aromatic rings. The van der Waals surface area contributed by atoms with Crippen molar-refractivity contribution in [3.63, 3.8) is 0 Å². The summed E-state index contributed by atoms with van der Waals surface area (Å²) in [7, 11) is 0. The first kappa shape index (κ1) is 24.4. The van der Waals surface area contributed by atoms with Crippen LogP contribution in [0.4, 0.5) is 4.39 Å². The summed E-state index contributed by atoms with van der Waals surface area (Å²) in [5.74, 6) is 0.306. The number of ether oxygens (including phenoxy) is 1. The van der Waals surface area contributed by atoms with Gasteiger partial charge in [-0.1, -0.05) is 18.2 Å².